The van der Waals surface area contributed by atoms with E-state index in [0.717, 1.165) is 52.3 Å². The van der Waals surface area contributed by atoms with Gasteiger partial charge in [0.25, 0.3) is 0 Å². The van der Waals surface area contributed by atoms with E-state index in [9.17, 15) is 0 Å². The van der Waals surface area contributed by atoms with Crippen LogP contribution in [0.5, 0.6) is 0 Å². The minimum atomic E-state index is -0.273. The van der Waals surface area contributed by atoms with Gasteiger partial charge in [-0.1, -0.05) is 129 Å². The molecule has 4 heteroatoms. The first-order valence-corrected chi connectivity index (χ1v) is 19.1. The van der Waals surface area contributed by atoms with E-state index in [1.54, 1.807) is 0 Å². The molecule has 2 aliphatic carbocycles. The van der Waals surface area contributed by atoms with Gasteiger partial charge in [-0.25, -0.2) is 10.0 Å². The molecule has 2 radical (unpaired) electrons. The molecule has 0 bridgehead atoms. The number of anilines is 7. The number of hydrazine groups is 1. The van der Waals surface area contributed by atoms with E-state index in [1.807, 2.05) is 0 Å². The van der Waals surface area contributed by atoms with Gasteiger partial charge in [0.1, 0.15) is 7.85 Å². The molecular weight excluding hydrogens is 653 g/mol. The molecule has 0 amide bonds. The van der Waals surface area contributed by atoms with Crippen molar-refractivity contribution in [1.82, 2.24) is 0 Å². The number of aryl methyl sites for hydroxylation is 1. The highest BCUT2D eigenvalue weighted by molar-refractivity contribution is 6.32. The molecule has 11 rings (SSSR count). The number of hydrogen-bond donors (Lipinski definition) is 0. The van der Waals surface area contributed by atoms with Crippen molar-refractivity contribution in [1.29, 1.82) is 0 Å². The van der Waals surface area contributed by atoms with E-state index < -0.39 is 0 Å². The summed E-state index contributed by atoms with van der Waals surface area (Å²) in [6.45, 7) is 7.06. The molecular formula is C50H38BN3. The Kier molecular flexibility index (Phi) is 6.59. The lowest BCUT2D eigenvalue weighted by atomic mass is 9.78. The van der Waals surface area contributed by atoms with Gasteiger partial charge in [-0.05, 0) is 106 Å². The summed E-state index contributed by atoms with van der Waals surface area (Å²) in [6, 6.07) is 49.3. The first-order chi connectivity index (χ1) is 26.4. The third kappa shape index (κ3) is 4.25. The van der Waals surface area contributed by atoms with E-state index in [0.29, 0.717) is 0 Å². The van der Waals surface area contributed by atoms with Crippen molar-refractivity contribution < 1.29 is 0 Å². The van der Waals surface area contributed by atoms with Crippen molar-refractivity contribution >= 4 is 69.5 Å². The highest BCUT2D eigenvalue weighted by Gasteiger charge is 2.47. The lowest BCUT2D eigenvalue weighted by molar-refractivity contribution is 0.660. The number of benzene rings is 7. The first-order valence-electron chi connectivity index (χ1n) is 19.1. The molecule has 3 nitrogen and oxygen atoms in total. The normalized spacial score (nSPS) is 15.7. The molecule has 7 aromatic rings. The first kappa shape index (κ1) is 31.3. The van der Waals surface area contributed by atoms with Crippen molar-refractivity contribution in [3.05, 3.63) is 174 Å². The molecule has 0 atom stereocenters. The Labute approximate surface area is 318 Å². The predicted octanol–water partition coefficient (Wildman–Crippen LogP) is 12.6. The van der Waals surface area contributed by atoms with E-state index in [-0.39, 0.29) is 5.41 Å². The standard InChI is InChI=1S/C50H38BN3/c1-31-27-33-17-7-8-18-34(33)28-46(31)53-43-22-12-10-20-37(43)40-30-39-36-19-9-11-21-41(36)50(2,3)47(39)49-48(40)54(53)45-24-14-13-23-44(45)52(49)42-26-25-35(51)29-38(42)32-15-5-4-6-16-32/h5,7-30H,4,6H2,1-3H3. The number of allylic oxidation sites excluding steroid dienone is 4. The molecule has 4 aliphatic rings. The fraction of sp³-hybridized carbons (Fsp3) is 0.120. The van der Waals surface area contributed by atoms with Crippen LogP contribution in [-0.2, 0) is 5.41 Å². The van der Waals surface area contributed by atoms with Crippen molar-refractivity contribution in [3.8, 4) is 22.3 Å². The Morgan fingerprint density at radius 2 is 1.24 bits per heavy atom. The van der Waals surface area contributed by atoms with Crippen LogP contribution >= 0.6 is 0 Å². The third-order valence-electron chi connectivity index (χ3n) is 12.1. The summed E-state index contributed by atoms with van der Waals surface area (Å²) >= 11 is 0. The van der Waals surface area contributed by atoms with Crippen molar-refractivity contribution in [2.75, 3.05) is 14.9 Å². The van der Waals surface area contributed by atoms with Crippen molar-refractivity contribution in [2.45, 2.75) is 39.0 Å². The van der Waals surface area contributed by atoms with E-state index >= 15 is 0 Å². The van der Waals surface area contributed by atoms with Gasteiger partial charge < -0.3 is 4.90 Å². The van der Waals surface area contributed by atoms with E-state index in [1.165, 1.54) is 66.7 Å². The molecule has 2 heterocycles. The average molecular weight is 692 g/mol. The van der Waals surface area contributed by atoms with Gasteiger partial charge in [-0.3, -0.25) is 0 Å². The van der Waals surface area contributed by atoms with Crippen LogP contribution in [0.2, 0.25) is 0 Å². The van der Waals surface area contributed by atoms with Crippen LogP contribution < -0.4 is 20.4 Å². The molecule has 54 heavy (non-hydrogen) atoms. The fourth-order valence-electron chi connectivity index (χ4n) is 9.66. The topological polar surface area (TPSA) is 9.72 Å². The maximum Gasteiger partial charge on any atom is 0.113 e. The van der Waals surface area contributed by atoms with E-state index in [2.05, 4.69) is 187 Å². The fourth-order valence-corrected chi connectivity index (χ4v) is 9.66. The molecule has 2 aliphatic heterocycles. The van der Waals surface area contributed by atoms with Crippen LogP contribution in [0.1, 0.15) is 48.9 Å². The van der Waals surface area contributed by atoms with Gasteiger partial charge >= 0.3 is 0 Å². The minimum Gasteiger partial charge on any atom is -0.305 e. The van der Waals surface area contributed by atoms with Crippen LogP contribution in [0.3, 0.4) is 0 Å². The Morgan fingerprint density at radius 3 is 2.04 bits per heavy atom. The SMILES string of the molecule is [B]c1ccc(N2c3ccccc3N3c4c(cc5c(c42)C(C)(C)c2ccccc2-5)-c2ccccc2N3c2cc3ccccc3cc2C)c(C2=CCCC=C2)c1. The van der Waals surface area contributed by atoms with Gasteiger partial charge in [-0.15, -0.1) is 0 Å². The minimum absolute atomic E-state index is 0.273. The largest absolute Gasteiger partial charge is 0.305 e. The molecule has 0 saturated carbocycles. The molecule has 0 N–H and O–H groups in total. The maximum absolute atomic E-state index is 6.63. The van der Waals surface area contributed by atoms with Gasteiger partial charge in [0.05, 0.1) is 39.8 Å². The summed E-state index contributed by atoms with van der Waals surface area (Å²) < 4.78 is 0. The lowest BCUT2D eigenvalue weighted by Crippen LogP contribution is -2.43. The number of rotatable bonds is 3. The van der Waals surface area contributed by atoms with Crippen molar-refractivity contribution in [2.24, 2.45) is 0 Å². The molecule has 7 aromatic carbocycles. The highest BCUT2D eigenvalue weighted by Crippen LogP contribution is 2.66. The summed E-state index contributed by atoms with van der Waals surface area (Å²) in [5.41, 5.74) is 19.9. The Balaban J connectivity index is 1.30. The zero-order valence-electron chi connectivity index (χ0n) is 30.8. The molecule has 0 spiro atoms. The smallest absolute Gasteiger partial charge is 0.113 e. The zero-order valence-corrected chi connectivity index (χ0v) is 30.8. The third-order valence-corrected chi connectivity index (χ3v) is 12.1. The van der Waals surface area contributed by atoms with Crippen LogP contribution in [0.15, 0.2) is 152 Å². The van der Waals surface area contributed by atoms with Crippen molar-refractivity contribution in [3.63, 3.8) is 0 Å². The second-order valence-electron chi connectivity index (χ2n) is 15.6. The Morgan fingerprint density at radius 1 is 0.537 bits per heavy atom. The zero-order chi connectivity index (χ0) is 36.3. The van der Waals surface area contributed by atoms with Crippen LogP contribution in [0.25, 0.3) is 38.6 Å². The Hall–Kier alpha value is -6.26. The van der Waals surface area contributed by atoms with Gasteiger partial charge in [-0.2, -0.15) is 0 Å². The molecule has 0 unspecified atom stereocenters. The summed E-state index contributed by atoms with van der Waals surface area (Å²) in [6.07, 6.45) is 9.00. The second kappa shape index (κ2) is 11.4. The summed E-state index contributed by atoms with van der Waals surface area (Å²) in [5, 5.41) is 7.47. The lowest BCUT2D eigenvalue weighted by Gasteiger charge is -2.51. The number of nitrogens with zero attached hydrogens (tertiary/aromatic N) is 3. The van der Waals surface area contributed by atoms with Crippen LogP contribution in [0, 0.1) is 6.92 Å². The average Bonchev–Trinajstić information content (AvgIpc) is 3.44. The molecule has 256 valence electrons. The monoisotopic (exact) mass is 691 g/mol. The summed E-state index contributed by atoms with van der Waals surface area (Å²) in [5.74, 6) is 0. The summed E-state index contributed by atoms with van der Waals surface area (Å²) in [4.78, 5) is 2.56. The van der Waals surface area contributed by atoms with Gasteiger partial charge in [0.2, 0.25) is 0 Å². The predicted molar refractivity (Wildman–Crippen MR) is 229 cm³/mol. The van der Waals surface area contributed by atoms with Gasteiger partial charge in [0.15, 0.2) is 0 Å². The number of hydrogen-bond acceptors (Lipinski definition) is 3. The van der Waals surface area contributed by atoms with Gasteiger partial charge in [0, 0.05) is 22.1 Å². The molecule has 0 saturated heterocycles. The van der Waals surface area contributed by atoms with Crippen LogP contribution in [-0.4, -0.2) is 7.85 Å². The highest BCUT2D eigenvalue weighted by atomic mass is 15.7. The van der Waals surface area contributed by atoms with E-state index in [4.69, 9.17) is 7.85 Å². The quantitative estimate of drug-likeness (QED) is 0.171. The van der Waals surface area contributed by atoms with Crippen LogP contribution in [0.4, 0.5) is 39.8 Å². The molecule has 0 aromatic heterocycles. The maximum atomic E-state index is 6.63. The molecule has 0 fully saturated rings. The summed E-state index contributed by atoms with van der Waals surface area (Å²) in [7, 11) is 6.63. The Bertz CT molecular complexity index is 2810. The number of fused-ring (bicyclic) bond motifs is 9. The number of para-hydroxylation sites is 3. The second-order valence-corrected chi connectivity index (χ2v) is 15.6.